The second kappa shape index (κ2) is 5.05. The molecule has 1 aliphatic carbocycles. The van der Waals surface area contributed by atoms with E-state index in [1.807, 2.05) is 0 Å². The van der Waals surface area contributed by atoms with Crippen molar-refractivity contribution in [3.05, 3.63) is 33.9 Å². The highest BCUT2D eigenvalue weighted by Crippen LogP contribution is 2.29. The number of carboxylic acids is 1. The van der Waals surface area contributed by atoms with Crippen molar-refractivity contribution < 1.29 is 19.6 Å². The third-order valence-corrected chi connectivity index (χ3v) is 3.18. The third-order valence-electron chi connectivity index (χ3n) is 3.18. The Labute approximate surface area is 108 Å². The van der Waals surface area contributed by atoms with Crippen LogP contribution >= 0.6 is 0 Å². The van der Waals surface area contributed by atoms with Gasteiger partial charge in [-0.1, -0.05) is 6.42 Å². The summed E-state index contributed by atoms with van der Waals surface area (Å²) >= 11 is 0. The molecule has 0 spiro atoms. The first-order valence-corrected chi connectivity index (χ1v) is 5.81. The number of nitrogens with zero attached hydrogens (tertiary/aromatic N) is 1. The summed E-state index contributed by atoms with van der Waals surface area (Å²) in [6.07, 6.45) is 2.58. The molecule has 7 heteroatoms. The molecule has 0 saturated heterocycles. The lowest BCUT2D eigenvalue weighted by molar-refractivity contribution is -0.384. The van der Waals surface area contributed by atoms with E-state index in [0.717, 1.165) is 25.3 Å². The Balaban J connectivity index is 2.25. The van der Waals surface area contributed by atoms with E-state index in [1.165, 1.54) is 12.1 Å². The number of carbonyl (C=O) groups is 2. The smallest absolute Gasteiger partial charge is 0.338 e. The highest BCUT2D eigenvalue weighted by atomic mass is 16.6. The number of aromatic carboxylic acids is 1. The van der Waals surface area contributed by atoms with Gasteiger partial charge < -0.3 is 10.4 Å². The van der Waals surface area contributed by atoms with Gasteiger partial charge in [0.1, 0.15) is 0 Å². The topological polar surface area (TPSA) is 110 Å². The van der Waals surface area contributed by atoms with Crippen LogP contribution in [0.2, 0.25) is 0 Å². The van der Waals surface area contributed by atoms with Crippen molar-refractivity contribution in [3.8, 4) is 0 Å². The molecule has 0 aliphatic heterocycles. The van der Waals surface area contributed by atoms with E-state index in [4.69, 9.17) is 5.11 Å². The Kier molecular flexibility index (Phi) is 3.46. The van der Waals surface area contributed by atoms with Gasteiger partial charge in [-0.3, -0.25) is 14.9 Å². The van der Waals surface area contributed by atoms with E-state index in [1.54, 1.807) is 0 Å². The summed E-state index contributed by atoms with van der Waals surface area (Å²) in [5.74, 6) is -1.63. The molecule has 1 fully saturated rings. The molecule has 0 bridgehead atoms. The standard InChI is InChI=1S/C12H12N2O5/c15-11(7-2-1-3-7)13-10-5-4-8(14(18)19)6-9(10)12(16)17/h4-7H,1-3H2,(H,13,15)(H,16,17). The zero-order valence-electron chi connectivity index (χ0n) is 9.96. The number of nitrogens with one attached hydrogen (secondary N) is 1. The SMILES string of the molecule is O=C(O)c1cc([N+](=O)[O-])ccc1NC(=O)C1CCC1. The second-order valence-corrected chi connectivity index (χ2v) is 4.41. The number of amides is 1. The summed E-state index contributed by atoms with van der Waals surface area (Å²) in [6, 6.07) is 3.36. The van der Waals surface area contributed by atoms with E-state index in [9.17, 15) is 19.7 Å². The molecule has 19 heavy (non-hydrogen) atoms. The molecular formula is C12H12N2O5. The number of carboxylic acid groups (broad SMARTS) is 1. The number of hydrogen-bond acceptors (Lipinski definition) is 4. The molecular weight excluding hydrogens is 252 g/mol. The maximum Gasteiger partial charge on any atom is 0.338 e. The number of anilines is 1. The Morgan fingerprint density at radius 3 is 2.53 bits per heavy atom. The number of rotatable bonds is 4. The molecule has 0 aromatic heterocycles. The molecule has 0 radical (unpaired) electrons. The van der Waals surface area contributed by atoms with E-state index in [-0.39, 0.29) is 28.8 Å². The van der Waals surface area contributed by atoms with Crippen LogP contribution in [0.4, 0.5) is 11.4 Å². The number of hydrogen-bond donors (Lipinski definition) is 2. The Hall–Kier alpha value is -2.44. The number of carbonyl (C=O) groups excluding carboxylic acids is 1. The van der Waals surface area contributed by atoms with Crippen molar-refractivity contribution in [2.45, 2.75) is 19.3 Å². The molecule has 1 aromatic rings. The zero-order chi connectivity index (χ0) is 14.0. The normalized spacial score (nSPS) is 14.5. The molecule has 2 N–H and O–H groups in total. The van der Waals surface area contributed by atoms with Crippen molar-refractivity contribution in [2.24, 2.45) is 5.92 Å². The van der Waals surface area contributed by atoms with Crippen molar-refractivity contribution in [3.63, 3.8) is 0 Å². The predicted octanol–water partition coefficient (Wildman–Crippen LogP) is 2.03. The van der Waals surface area contributed by atoms with Crippen LogP contribution in [0.15, 0.2) is 18.2 Å². The molecule has 1 saturated carbocycles. The molecule has 7 nitrogen and oxygen atoms in total. The third kappa shape index (κ3) is 2.70. The second-order valence-electron chi connectivity index (χ2n) is 4.41. The lowest BCUT2D eigenvalue weighted by Crippen LogP contribution is -2.28. The number of nitro groups is 1. The van der Waals surface area contributed by atoms with Gasteiger partial charge in [0.05, 0.1) is 16.2 Å². The quantitative estimate of drug-likeness (QED) is 0.638. The van der Waals surface area contributed by atoms with Crippen molar-refractivity contribution in [1.82, 2.24) is 0 Å². The van der Waals surface area contributed by atoms with E-state index < -0.39 is 10.9 Å². The minimum atomic E-state index is -1.31. The minimum Gasteiger partial charge on any atom is -0.478 e. The summed E-state index contributed by atoms with van der Waals surface area (Å²) in [7, 11) is 0. The van der Waals surface area contributed by atoms with Crippen LogP contribution in [0.1, 0.15) is 29.6 Å². The fourth-order valence-corrected chi connectivity index (χ4v) is 1.84. The van der Waals surface area contributed by atoms with Crippen LogP contribution in [0.25, 0.3) is 0 Å². The maximum absolute atomic E-state index is 11.8. The van der Waals surface area contributed by atoms with Crippen LogP contribution < -0.4 is 5.32 Å². The Morgan fingerprint density at radius 2 is 2.05 bits per heavy atom. The van der Waals surface area contributed by atoms with Crippen LogP contribution in [0, 0.1) is 16.0 Å². The van der Waals surface area contributed by atoms with Gasteiger partial charge in [-0.25, -0.2) is 4.79 Å². The van der Waals surface area contributed by atoms with Crippen molar-refractivity contribution >= 4 is 23.3 Å². The largest absolute Gasteiger partial charge is 0.478 e. The van der Waals surface area contributed by atoms with Gasteiger partial charge in [0, 0.05) is 18.1 Å². The van der Waals surface area contributed by atoms with Crippen LogP contribution in [0.3, 0.4) is 0 Å². The average molecular weight is 264 g/mol. The summed E-state index contributed by atoms with van der Waals surface area (Å²) in [5, 5.41) is 22.1. The van der Waals surface area contributed by atoms with Crippen molar-refractivity contribution in [2.75, 3.05) is 5.32 Å². The summed E-state index contributed by atoms with van der Waals surface area (Å²) in [5.41, 5.74) is -0.504. The maximum atomic E-state index is 11.8. The van der Waals surface area contributed by atoms with Crippen LogP contribution in [-0.2, 0) is 4.79 Å². The lowest BCUT2D eigenvalue weighted by atomic mass is 9.85. The summed E-state index contributed by atoms with van der Waals surface area (Å²) < 4.78 is 0. The minimum absolute atomic E-state index is 0.0863. The number of benzene rings is 1. The van der Waals surface area contributed by atoms with Gasteiger partial charge in [-0.15, -0.1) is 0 Å². The first kappa shape index (κ1) is 13.0. The first-order valence-electron chi connectivity index (χ1n) is 5.81. The predicted molar refractivity (Wildman–Crippen MR) is 66.0 cm³/mol. The highest BCUT2D eigenvalue weighted by molar-refractivity contribution is 6.01. The molecule has 1 aromatic carbocycles. The molecule has 1 aliphatic rings. The van der Waals surface area contributed by atoms with Crippen LogP contribution in [0.5, 0.6) is 0 Å². The van der Waals surface area contributed by atoms with E-state index >= 15 is 0 Å². The lowest BCUT2D eigenvalue weighted by Gasteiger charge is -2.24. The highest BCUT2D eigenvalue weighted by Gasteiger charge is 2.26. The van der Waals surface area contributed by atoms with Gasteiger partial charge >= 0.3 is 5.97 Å². The fourth-order valence-electron chi connectivity index (χ4n) is 1.84. The Bertz CT molecular complexity index is 551. The average Bonchev–Trinajstić information content (AvgIpc) is 2.26. The summed E-state index contributed by atoms with van der Waals surface area (Å²) in [4.78, 5) is 32.7. The van der Waals surface area contributed by atoms with Gasteiger partial charge in [-0.2, -0.15) is 0 Å². The zero-order valence-corrected chi connectivity index (χ0v) is 9.96. The van der Waals surface area contributed by atoms with Crippen LogP contribution in [-0.4, -0.2) is 21.9 Å². The molecule has 100 valence electrons. The monoisotopic (exact) mass is 264 g/mol. The van der Waals surface area contributed by atoms with Gasteiger partial charge in [0.25, 0.3) is 5.69 Å². The van der Waals surface area contributed by atoms with E-state index in [0.29, 0.717) is 0 Å². The number of non-ortho nitro benzene ring substituents is 1. The van der Waals surface area contributed by atoms with Gasteiger partial charge in [-0.05, 0) is 18.9 Å². The van der Waals surface area contributed by atoms with E-state index in [2.05, 4.69) is 5.32 Å². The first-order chi connectivity index (χ1) is 8.99. The van der Waals surface area contributed by atoms with Gasteiger partial charge in [0.2, 0.25) is 5.91 Å². The molecule has 0 unspecified atom stereocenters. The molecule has 2 rings (SSSR count). The molecule has 0 atom stereocenters. The van der Waals surface area contributed by atoms with Gasteiger partial charge in [0.15, 0.2) is 0 Å². The molecule has 1 amide bonds. The fraction of sp³-hybridized carbons (Fsp3) is 0.333. The Morgan fingerprint density at radius 1 is 1.37 bits per heavy atom. The summed E-state index contributed by atoms with van der Waals surface area (Å²) in [6.45, 7) is 0. The molecule has 0 heterocycles. The number of nitro benzene ring substituents is 1. The van der Waals surface area contributed by atoms with Crippen molar-refractivity contribution in [1.29, 1.82) is 0 Å².